The third-order valence-electron chi connectivity index (χ3n) is 2.19. The van der Waals surface area contributed by atoms with Crippen LogP contribution in [0.2, 0.25) is 0 Å². The van der Waals surface area contributed by atoms with Gasteiger partial charge in [0.25, 0.3) is 5.91 Å². The summed E-state index contributed by atoms with van der Waals surface area (Å²) in [6, 6.07) is 11.3. The van der Waals surface area contributed by atoms with Crippen molar-refractivity contribution in [3.8, 4) is 11.3 Å². The van der Waals surface area contributed by atoms with Crippen LogP contribution >= 0.6 is 0 Å². The van der Waals surface area contributed by atoms with Crippen LogP contribution in [0.3, 0.4) is 0 Å². The first kappa shape index (κ1) is 11.1. The molecular weight excluding hydrogens is 216 g/mol. The number of aromatic nitrogens is 2. The lowest BCUT2D eigenvalue weighted by atomic mass is 10.1. The third kappa shape index (κ3) is 2.57. The van der Waals surface area contributed by atoms with Crippen molar-refractivity contribution >= 4 is 12.1 Å². The summed E-state index contributed by atoms with van der Waals surface area (Å²) in [6.07, 6.45) is 1.51. The average Bonchev–Trinajstić information content (AvgIpc) is 2.86. The summed E-state index contributed by atoms with van der Waals surface area (Å²) in [5.74, 6) is -0.308. The van der Waals surface area contributed by atoms with Crippen LogP contribution in [0.25, 0.3) is 11.3 Å². The van der Waals surface area contributed by atoms with Gasteiger partial charge in [-0.2, -0.15) is 10.2 Å². The molecule has 1 aromatic carbocycles. The lowest BCUT2D eigenvalue weighted by Crippen LogP contribution is -2.17. The number of rotatable bonds is 3. The maximum absolute atomic E-state index is 11.6. The van der Waals surface area contributed by atoms with Crippen LogP contribution in [0.15, 0.2) is 41.5 Å². The number of nitrogens with one attached hydrogen (secondary N) is 2. The molecule has 1 amide bonds. The van der Waals surface area contributed by atoms with E-state index in [1.165, 1.54) is 6.21 Å². The number of aromatic amines is 1. The first-order chi connectivity index (χ1) is 8.31. The Morgan fingerprint density at radius 2 is 2.18 bits per heavy atom. The fourth-order valence-electron chi connectivity index (χ4n) is 1.38. The van der Waals surface area contributed by atoms with E-state index < -0.39 is 0 Å². The smallest absolute Gasteiger partial charge is 0.272 e. The zero-order valence-electron chi connectivity index (χ0n) is 9.34. The molecule has 5 heteroatoms. The van der Waals surface area contributed by atoms with E-state index in [0.717, 1.165) is 11.3 Å². The minimum Gasteiger partial charge on any atom is -0.272 e. The molecule has 0 atom stereocenters. The zero-order chi connectivity index (χ0) is 12.1. The highest BCUT2D eigenvalue weighted by Gasteiger charge is 2.09. The highest BCUT2D eigenvalue weighted by Crippen LogP contribution is 2.16. The van der Waals surface area contributed by atoms with Crippen molar-refractivity contribution in [2.45, 2.75) is 6.92 Å². The second-order valence-electron chi connectivity index (χ2n) is 3.36. The van der Waals surface area contributed by atoms with Crippen LogP contribution in [-0.2, 0) is 0 Å². The summed E-state index contributed by atoms with van der Waals surface area (Å²) in [5.41, 5.74) is 4.45. The molecule has 86 valence electrons. The van der Waals surface area contributed by atoms with Gasteiger partial charge in [-0.25, -0.2) is 5.43 Å². The van der Waals surface area contributed by atoms with E-state index in [1.54, 1.807) is 13.0 Å². The van der Waals surface area contributed by atoms with Crippen LogP contribution in [-0.4, -0.2) is 22.3 Å². The lowest BCUT2D eigenvalue weighted by Gasteiger charge is -1.94. The molecule has 2 aromatic rings. The van der Waals surface area contributed by atoms with Crippen molar-refractivity contribution in [2.24, 2.45) is 5.10 Å². The van der Waals surface area contributed by atoms with Gasteiger partial charge < -0.3 is 0 Å². The highest BCUT2D eigenvalue weighted by molar-refractivity contribution is 5.93. The fourth-order valence-corrected chi connectivity index (χ4v) is 1.38. The van der Waals surface area contributed by atoms with Gasteiger partial charge >= 0.3 is 0 Å². The molecule has 0 radical (unpaired) electrons. The topological polar surface area (TPSA) is 70.1 Å². The molecule has 0 unspecified atom stereocenters. The SMILES string of the molecule is C/C=N\NC(=O)c1cc(-c2ccccc2)n[nH]1. The second-order valence-corrected chi connectivity index (χ2v) is 3.36. The van der Waals surface area contributed by atoms with Crippen molar-refractivity contribution in [1.29, 1.82) is 0 Å². The molecule has 0 spiro atoms. The summed E-state index contributed by atoms with van der Waals surface area (Å²) in [6.45, 7) is 1.72. The normalized spacial score (nSPS) is 10.6. The van der Waals surface area contributed by atoms with Crippen LogP contribution in [0.1, 0.15) is 17.4 Å². The molecule has 5 nitrogen and oxygen atoms in total. The molecule has 0 aliphatic carbocycles. The largest absolute Gasteiger partial charge is 0.289 e. The molecule has 2 N–H and O–H groups in total. The van der Waals surface area contributed by atoms with E-state index in [4.69, 9.17) is 0 Å². The van der Waals surface area contributed by atoms with Crippen LogP contribution in [0.4, 0.5) is 0 Å². The Balaban J connectivity index is 2.19. The van der Waals surface area contributed by atoms with Gasteiger partial charge in [-0.05, 0) is 13.0 Å². The van der Waals surface area contributed by atoms with Gasteiger partial charge in [0.05, 0.1) is 5.69 Å². The van der Waals surface area contributed by atoms with Crippen LogP contribution in [0.5, 0.6) is 0 Å². The number of hydrogen-bond acceptors (Lipinski definition) is 3. The van der Waals surface area contributed by atoms with E-state index in [9.17, 15) is 4.79 Å². The van der Waals surface area contributed by atoms with Crippen molar-refractivity contribution < 1.29 is 4.79 Å². The van der Waals surface area contributed by atoms with E-state index in [1.807, 2.05) is 30.3 Å². The number of H-pyrrole nitrogens is 1. The number of hydrogen-bond donors (Lipinski definition) is 2. The molecule has 17 heavy (non-hydrogen) atoms. The first-order valence-electron chi connectivity index (χ1n) is 5.20. The fraction of sp³-hybridized carbons (Fsp3) is 0.0833. The van der Waals surface area contributed by atoms with Gasteiger partial charge in [-0.15, -0.1) is 0 Å². The number of amides is 1. The molecule has 2 rings (SSSR count). The van der Waals surface area contributed by atoms with Crippen molar-refractivity contribution in [1.82, 2.24) is 15.6 Å². The van der Waals surface area contributed by atoms with Crippen molar-refractivity contribution in [2.75, 3.05) is 0 Å². The highest BCUT2D eigenvalue weighted by atomic mass is 16.2. The Hall–Kier alpha value is -2.43. The Bertz CT molecular complexity index is 530. The number of carbonyl (C=O) groups excluding carboxylic acids is 1. The molecule has 0 aliphatic heterocycles. The van der Waals surface area contributed by atoms with Crippen molar-refractivity contribution in [3.63, 3.8) is 0 Å². The van der Waals surface area contributed by atoms with E-state index in [-0.39, 0.29) is 5.91 Å². The molecule has 0 saturated heterocycles. The molecule has 0 aliphatic rings. The number of hydrazone groups is 1. The molecule has 0 saturated carbocycles. The summed E-state index contributed by atoms with van der Waals surface area (Å²) < 4.78 is 0. The number of nitrogens with zero attached hydrogens (tertiary/aromatic N) is 2. The van der Waals surface area contributed by atoms with E-state index >= 15 is 0 Å². The van der Waals surface area contributed by atoms with Gasteiger partial charge in [0.15, 0.2) is 0 Å². The number of carbonyl (C=O) groups is 1. The Morgan fingerprint density at radius 1 is 1.41 bits per heavy atom. The summed E-state index contributed by atoms with van der Waals surface area (Å²) >= 11 is 0. The molecule has 1 aromatic heterocycles. The van der Waals surface area contributed by atoms with Gasteiger partial charge in [-0.1, -0.05) is 30.3 Å². The summed E-state index contributed by atoms with van der Waals surface area (Å²) in [7, 11) is 0. The molecular formula is C12H12N4O. The average molecular weight is 228 g/mol. The van der Waals surface area contributed by atoms with Gasteiger partial charge in [0, 0.05) is 11.8 Å². The minimum absolute atomic E-state index is 0.308. The number of benzene rings is 1. The standard InChI is InChI=1S/C12H12N4O/c1-2-13-16-12(17)11-8-10(14-15-11)9-6-4-3-5-7-9/h2-8H,1H3,(H,14,15)(H,16,17)/b13-2-. The summed E-state index contributed by atoms with van der Waals surface area (Å²) in [4.78, 5) is 11.6. The van der Waals surface area contributed by atoms with E-state index in [0.29, 0.717) is 5.69 Å². The molecule has 1 heterocycles. The summed E-state index contributed by atoms with van der Waals surface area (Å²) in [5, 5.41) is 10.4. The quantitative estimate of drug-likeness (QED) is 0.621. The zero-order valence-corrected chi connectivity index (χ0v) is 9.34. The first-order valence-corrected chi connectivity index (χ1v) is 5.20. The molecule has 0 fully saturated rings. The van der Waals surface area contributed by atoms with Gasteiger partial charge in [0.2, 0.25) is 0 Å². The maximum Gasteiger partial charge on any atom is 0.289 e. The monoisotopic (exact) mass is 228 g/mol. The predicted molar refractivity (Wildman–Crippen MR) is 65.7 cm³/mol. The van der Waals surface area contributed by atoms with Crippen LogP contribution in [0, 0.1) is 0 Å². The Morgan fingerprint density at radius 3 is 2.88 bits per heavy atom. The van der Waals surface area contributed by atoms with Gasteiger partial charge in [-0.3, -0.25) is 9.89 Å². The molecule has 0 bridgehead atoms. The second kappa shape index (κ2) is 5.07. The van der Waals surface area contributed by atoms with Gasteiger partial charge in [0.1, 0.15) is 5.69 Å². The van der Waals surface area contributed by atoms with E-state index in [2.05, 4.69) is 20.7 Å². The predicted octanol–water partition coefficient (Wildman–Crippen LogP) is 1.81. The van der Waals surface area contributed by atoms with Crippen molar-refractivity contribution in [3.05, 3.63) is 42.1 Å². The Labute approximate surface area is 98.6 Å². The maximum atomic E-state index is 11.6. The minimum atomic E-state index is -0.308. The third-order valence-corrected chi connectivity index (χ3v) is 2.19. The Kier molecular flexibility index (Phi) is 3.30. The lowest BCUT2D eigenvalue weighted by molar-refractivity contribution is 0.0950. The van der Waals surface area contributed by atoms with Crippen LogP contribution < -0.4 is 5.43 Å².